The molecule has 1 aliphatic carbocycles. The summed E-state index contributed by atoms with van der Waals surface area (Å²) in [5, 5.41) is 14.7. The molecule has 0 atom stereocenters. The summed E-state index contributed by atoms with van der Waals surface area (Å²) in [4.78, 5) is 29.2. The Kier molecular flexibility index (Phi) is 6.03. The van der Waals surface area contributed by atoms with Crippen LogP contribution >= 0.6 is 0 Å². The lowest BCUT2D eigenvalue weighted by atomic mass is 9.85. The molecule has 1 fully saturated rings. The lowest BCUT2D eigenvalue weighted by Crippen LogP contribution is -2.55. The number of carboxylic acids is 1. The van der Waals surface area contributed by atoms with Gasteiger partial charge in [0.15, 0.2) is 0 Å². The number of anilines is 1. The van der Waals surface area contributed by atoms with E-state index >= 15 is 0 Å². The molecule has 0 unspecified atom stereocenters. The highest BCUT2D eigenvalue weighted by Gasteiger charge is 2.34. The average molecular weight is 368 g/mol. The zero-order valence-corrected chi connectivity index (χ0v) is 15.3. The molecule has 142 valence electrons. The average Bonchev–Trinajstić information content (AvgIpc) is 2.64. The molecule has 3 rings (SSSR count). The molecule has 0 aliphatic heterocycles. The van der Waals surface area contributed by atoms with Crippen LogP contribution in [0.3, 0.4) is 0 Å². The fourth-order valence-corrected chi connectivity index (χ4v) is 3.29. The number of carbonyl (C=O) groups excluding carboxylic acids is 1. The molecule has 2 amide bonds. The van der Waals surface area contributed by atoms with E-state index in [4.69, 9.17) is 5.11 Å². The largest absolute Gasteiger partial charge is 0.480 e. The Morgan fingerprint density at radius 1 is 1.19 bits per heavy atom. The van der Waals surface area contributed by atoms with Crippen molar-refractivity contribution in [1.82, 2.24) is 15.2 Å². The Bertz CT molecular complexity index is 774. The number of hydrogen-bond acceptors (Lipinski definition) is 4. The summed E-state index contributed by atoms with van der Waals surface area (Å²) < 4.78 is 0. The highest BCUT2D eigenvalue weighted by Crippen LogP contribution is 2.26. The molecule has 27 heavy (non-hydrogen) atoms. The second kappa shape index (κ2) is 8.64. The minimum atomic E-state index is -0.819. The Morgan fingerprint density at radius 3 is 2.52 bits per heavy atom. The Morgan fingerprint density at radius 2 is 1.93 bits per heavy atom. The number of aliphatic carboxylic acids is 1. The molecular weight excluding hydrogens is 344 g/mol. The third-order valence-electron chi connectivity index (χ3n) is 4.81. The van der Waals surface area contributed by atoms with E-state index in [0.717, 1.165) is 24.1 Å². The summed E-state index contributed by atoms with van der Waals surface area (Å²) in [5.74, 6) is -0.819. The molecule has 0 saturated heterocycles. The van der Waals surface area contributed by atoms with Gasteiger partial charge in [-0.25, -0.2) is 4.79 Å². The van der Waals surface area contributed by atoms with E-state index in [2.05, 4.69) is 15.6 Å². The van der Waals surface area contributed by atoms with Gasteiger partial charge in [-0.3, -0.25) is 14.7 Å². The third kappa shape index (κ3) is 5.04. The first-order chi connectivity index (χ1) is 13.0. The maximum Gasteiger partial charge on any atom is 0.319 e. The summed E-state index contributed by atoms with van der Waals surface area (Å²) in [7, 11) is 0. The first-order valence-electron chi connectivity index (χ1n) is 9.10. The lowest BCUT2D eigenvalue weighted by molar-refractivity contribution is -0.139. The number of hydrogen-bond donors (Lipinski definition) is 3. The minimum absolute atomic E-state index is 0.0443. The third-order valence-corrected chi connectivity index (χ3v) is 4.81. The summed E-state index contributed by atoms with van der Waals surface area (Å²) in [6, 6.07) is 13.3. The number of benzene rings is 1. The summed E-state index contributed by atoms with van der Waals surface area (Å²) in [6.45, 7) is 2.69. The van der Waals surface area contributed by atoms with Crippen LogP contribution < -0.4 is 10.6 Å². The quantitative estimate of drug-likeness (QED) is 0.699. The van der Waals surface area contributed by atoms with E-state index in [1.54, 1.807) is 6.20 Å². The van der Waals surface area contributed by atoms with E-state index < -0.39 is 5.97 Å². The fourth-order valence-electron chi connectivity index (χ4n) is 3.29. The molecule has 0 bridgehead atoms. The van der Waals surface area contributed by atoms with Gasteiger partial charge in [-0.05, 0) is 43.7 Å². The van der Waals surface area contributed by atoms with Crippen LogP contribution in [0.25, 0.3) is 11.3 Å². The number of likely N-dealkylation sites (N-methyl/N-ethyl adjacent to an activating group) is 1. The van der Waals surface area contributed by atoms with Crippen molar-refractivity contribution in [2.45, 2.75) is 31.8 Å². The smallest absolute Gasteiger partial charge is 0.319 e. The van der Waals surface area contributed by atoms with Gasteiger partial charge in [-0.15, -0.1) is 0 Å². The molecule has 1 aromatic heterocycles. The SMILES string of the molecule is CCN(CC(=O)O)C1CC(NC(=O)Nc2ccc(-c3ccccn3)cc2)C1. The van der Waals surface area contributed by atoms with Crippen LogP contribution in [-0.4, -0.2) is 52.2 Å². The van der Waals surface area contributed by atoms with Gasteiger partial charge in [-0.1, -0.05) is 25.1 Å². The number of aromatic nitrogens is 1. The van der Waals surface area contributed by atoms with Crippen LogP contribution in [0.4, 0.5) is 10.5 Å². The number of carboxylic acid groups (broad SMARTS) is 1. The van der Waals surface area contributed by atoms with Crippen molar-refractivity contribution in [3.63, 3.8) is 0 Å². The van der Waals surface area contributed by atoms with Crippen LogP contribution in [0.2, 0.25) is 0 Å². The highest BCUT2D eigenvalue weighted by atomic mass is 16.4. The maximum absolute atomic E-state index is 12.2. The molecule has 1 saturated carbocycles. The number of urea groups is 1. The van der Waals surface area contributed by atoms with E-state index in [1.165, 1.54) is 0 Å². The standard InChI is InChI=1S/C20H24N4O3/c1-2-24(13-19(25)26)17-11-16(12-17)23-20(27)22-15-8-6-14(7-9-15)18-5-3-4-10-21-18/h3-10,16-17H,2,11-13H2,1H3,(H,25,26)(H2,22,23,27). The number of nitrogens with zero attached hydrogens (tertiary/aromatic N) is 2. The van der Waals surface area contributed by atoms with Crippen molar-refractivity contribution in [2.75, 3.05) is 18.4 Å². The number of rotatable bonds is 7. The highest BCUT2D eigenvalue weighted by molar-refractivity contribution is 5.89. The zero-order valence-electron chi connectivity index (χ0n) is 15.3. The lowest BCUT2D eigenvalue weighted by Gasteiger charge is -2.42. The van der Waals surface area contributed by atoms with Crippen LogP contribution in [0.1, 0.15) is 19.8 Å². The second-order valence-electron chi connectivity index (χ2n) is 6.67. The monoisotopic (exact) mass is 368 g/mol. The number of amides is 2. The maximum atomic E-state index is 12.2. The van der Waals surface area contributed by atoms with Crippen LogP contribution in [0.15, 0.2) is 48.7 Å². The van der Waals surface area contributed by atoms with Crippen molar-refractivity contribution in [2.24, 2.45) is 0 Å². The molecule has 1 aliphatic rings. The molecule has 0 radical (unpaired) electrons. The molecule has 7 heteroatoms. The zero-order chi connectivity index (χ0) is 19.2. The first-order valence-corrected chi connectivity index (χ1v) is 9.10. The van der Waals surface area contributed by atoms with Crippen molar-refractivity contribution in [1.29, 1.82) is 0 Å². The second-order valence-corrected chi connectivity index (χ2v) is 6.67. The molecular formula is C20H24N4O3. The minimum Gasteiger partial charge on any atom is -0.480 e. The topological polar surface area (TPSA) is 94.6 Å². The Labute approximate surface area is 158 Å². The predicted molar refractivity (Wildman–Crippen MR) is 104 cm³/mol. The van der Waals surface area contributed by atoms with E-state index in [0.29, 0.717) is 12.2 Å². The van der Waals surface area contributed by atoms with Crippen LogP contribution in [-0.2, 0) is 4.79 Å². The number of carbonyl (C=O) groups is 2. The number of pyridine rings is 1. The predicted octanol–water partition coefficient (Wildman–Crippen LogP) is 2.81. The van der Waals surface area contributed by atoms with Gasteiger partial charge in [0.2, 0.25) is 0 Å². The summed E-state index contributed by atoms with van der Waals surface area (Å²) >= 11 is 0. The molecule has 0 spiro atoms. The Hall–Kier alpha value is -2.93. The van der Waals surface area contributed by atoms with Crippen molar-refractivity contribution in [3.05, 3.63) is 48.7 Å². The molecule has 1 heterocycles. The normalized spacial score (nSPS) is 18.6. The van der Waals surface area contributed by atoms with Gasteiger partial charge in [0.25, 0.3) is 0 Å². The van der Waals surface area contributed by atoms with E-state index in [-0.39, 0.29) is 24.7 Å². The van der Waals surface area contributed by atoms with Crippen molar-refractivity contribution in [3.8, 4) is 11.3 Å². The van der Waals surface area contributed by atoms with Gasteiger partial charge in [0, 0.05) is 29.5 Å². The van der Waals surface area contributed by atoms with Crippen LogP contribution in [0.5, 0.6) is 0 Å². The molecule has 3 N–H and O–H groups in total. The fraction of sp³-hybridized carbons (Fsp3) is 0.350. The van der Waals surface area contributed by atoms with Gasteiger partial charge < -0.3 is 15.7 Å². The summed E-state index contributed by atoms with van der Waals surface area (Å²) in [5.41, 5.74) is 2.58. The van der Waals surface area contributed by atoms with Gasteiger partial charge in [-0.2, -0.15) is 0 Å². The Balaban J connectivity index is 1.46. The molecule has 1 aromatic carbocycles. The first kappa shape index (κ1) is 18.8. The van der Waals surface area contributed by atoms with E-state index in [9.17, 15) is 9.59 Å². The molecule has 2 aromatic rings. The van der Waals surface area contributed by atoms with Crippen LogP contribution in [0, 0.1) is 0 Å². The molecule has 7 nitrogen and oxygen atoms in total. The van der Waals surface area contributed by atoms with Gasteiger partial charge in [0.1, 0.15) is 0 Å². The number of nitrogens with one attached hydrogen (secondary N) is 2. The van der Waals surface area contributed by atoms with E-state index in [1.807, 2.05) is 54.3 Å². The van der Waals surface area contributed by atoms with Crippen molar-refractivity contribution < 1.29 is 14.7 Å². The van der Waals surface area contributed by atoms with Crippen molar-refractivity contribution >= 4 is 17.7 Å². The van der Waals surface area contributed by atoms with Gasteiger partial charge in [0.05, 0.1) is 12.2 Å². The summed E-state index contributed by atoms with van der Waals surface area (Å²) in [6.07, 6.45) is 3.29. The van der Waals surface area contributed by atoms with Gasteiger partial charge >= 0.3 is 12.0 Å².